The fraction of sp³-hybridized carbons (Fsp3) is 0.900. The molecule has 0 aromatic heterocycles. The highest BCUT2D eigenvalue weighted by Crippen LogP contribution is 2.32. The highest BCUT2D eigenvalue weighted by Gasteiger charge is 2.42. The molecule has 16 heavy (non-hydrogen) atoms. The van der Waals surface area contributed by atoms with Crippen LogP contribution >= 0.6 is 0 Å². The molecule has 0 spiro atoms. The van der Waals surface area contributed by atoms with E-state index in [1.165, 1.54) is 0 Å². The van der Waals surface area contributed by atoms with Crippen molar-refractivity contribution in [2.45, 2.75) is 44.3 Å². The molecule has 0 aliphatic heterocycles. The minimum atomic E-state index is -4.31. The summed E-state index contributed by atoms with van der Waals surface area (Å²) in [6.07, 6.45) is -2.08. The van der Waals surface area contributed by atoms with Crippen molar-refractivity contribution in [3.05, 3.63) is 0 Å². The van der Waals surface area contributed by atoms with Crippen LogP contribution in [0.4, 0.5) is 13.2 Å². The van der Waals surface area contributed by atoms with Gasteiger partial charge in [0.25, 0.3) is 0 Å². The number of hydrogen-bond donors (Lipinski definition) is 2. The Bertz CT molecular complexity index is 257. The van der Waals surface area contributed by atoms with Gasteiger partial charge >= 0.3 is 6.18 Å². The van der Waals surface area contributed by atoms with Gasteiger partial charge in [0.05, 0.1) is 12.1 Å². The predicted molar refractivity (Wildman–Crippen MR) is 53.6 cm³/mol. The van der Waals surface area contributed by atoms with Gasteiger partial charge in [0.15, 0.2) is 0 Å². The van der Waals surface area contributed by atoms with Crippen LogP contribution in [-0.2, 0) is 4.79 Å². The second kappa shape index (κ2) is 4.61. The molecule has 1 fully saturated rings. The van der Waals surface area contributed by atoms with Gasteiger partial charge in [-0.15, -0.1) is 0 Å². The lowest BCUT2D eigenvalue weighted by molar-refractivity contribution is -0.138. The van der Waals surface area contributed by atoms with Gasteiger partial charge in [-0.2, -0.15) is 13.2 Å². The lowest BCUT2D eigenvalue weighted by Gasteiger charge is -2.37. The molecule has 6 heteroatoms. The van der Waals surface area contributed by atoms with Gasteiger partial charge in [0.1, 0.15) is 0 Å². The first-order valence-corrected chi connectivity index (χ1v) is 5.37. The molecular formula is C10H17F3N2O. The van der Waals surface area contributed by atoms with Crippen LogP contribution in [0.3, 0.4) is 0 Å². The van der Waals surface area contributed by atoms with Crippen LogP contribution in [0.25, 0.3) is 0 Å². The van der Waals surface area contributed by atoms with E-state index >= 15 is 0 Å². The number of nitrogens with two attached hydrogens (primary N) is 1. The van der Waals surface area contributed by atoms with Crippen molar-refractivity contribution in [2.75, 3.05) is 6.54 Å². The van der Waals surface area contributed by atoms with Crippen LogP contribution in [0.5, 0.6) is 0 Å². The zero-order chi connectivity index (χ0) is 12.4. The predicted octanol–water partition coefficient (Wildman–Crippen LogP) is 1.57. The summed E-state index contributed by atoms with van der Waals surface area (Å²) in [6, 6.07) is 0. The van der Waals surface area contributed by atoms with Crippen molar-refractivity contribution >= 4 is 5.91 Å². The van der Waals surface area contributed by atoms with E-state index < -0.39 is 24.2 Å². The Labute approximate surface area is 92.6 Å². The summed E-state index contributed by atoms with van der Waals surface area (Å²) in [7, 11) is 0. The van der Waals surface area contributed by atoms with Gasteiger partial charge in [-0.3, -0.25) is 10.1 Å². The Morgan fingerprint density at radius 3 is 2.31 bits per heavy atom. The number of carbonyl (C=O) groups is 1. The van der Waals surface area contributed by atoms with Crippen LogP contribution in [0, 0.1) is 5.92 Å². The van der Waals surface area contributed by atoms with Crippen LogP contribution in [-0.4, -0.2) is 24.2 Å². The molecule has 3 nitrogen and oxygen atoms in total. The molecule has 1 aliphatic rings. The van der Waals surface area contributed by atoms with Crippen molar-refractivity contribution in [1.29, 1.82) is 0 Å². The van der Waals surface area contributed by atoms with E-state index in [0.717, 1.165) is 12.8 Å². The Hall–Kier alpha value is -0.780. The highest BCUT2D eigenvalue weighted by molar-refractivity contribution is 5.84. The van der Waals surface area contributed by atoms with Crippen molar-refractivity contribution in [1.82, 2.24) is 5.32 Å². The quantitative estimate of drug-likeness (QED) is 0.784. The Morgan fingerprint density at radius 2 is 1.94 bits per heavy atom. The second-order valence-corrected chi connectivity index (χ2v) is 4.60. The van der Waals surface area contributed by atoms with E-state index in [2.05, 4.69) is 5.32 Å². The SMILES string of the molecule is CC1CCC(NCC(F)(F)F)(C(N)=O)CC1. The standard InChI is InChI=1S/C10H17F3N2O/c1-7-2-4-9(5-3-7,8(14)16)15-6-10(11,12)13/h7,15H,2-6H2,1H3,(H2,14,16). The van der Waals surface area contributed by atoms with Crippen molar-refractivity contribution in [2.24, 2.45) is 11.7 Å². The zero-order valence-corrected chi connectivity index (χ0v) is 9.23. The van der Waals surface area contributed by atoms with Crippen LogP contribution in [0.2, 0.25) is 0 Å². The van der Waals surface area contributed by atoms with Gasteiger partial charge in [0.2, 0.25) is 5.91 Å². The number of carbonyl (C=O) groups excluding carboxylic acids is 1. The molecule has 0 aromatic carbocycles. The summed E-state index contributed by atoms with van der Waals surface area (Å²) < 4.78 is 36.3. The third-order valence-corrected chi connectivity index (χ3v) is 3.23. The second-order valence-electron chi connectivity index (χ2n) is 4.60. The topological polar surface area (TPSA) is 55.1 Å². The molecule has 1 saturated carbocycles. The van der Waals surface area contributed by atoms with E-state index in [1.807, 2.05) is 6.92 Å². The lowest BCUT2D eigenvalue weighted by Crippen LogP contribution is -2.59. The average Bonchev–Trinajstić information content (AvgIpc) is 2.16. The molecule has 1 amide bonds. The monoisotopic (exact) mass is 238 g/mol. The van der Waals surface area contributed by atoms with Crippen molar-refractivity contribution in [3.8, 4) is 0 Å². The maximum absolute atomic E-state index is 12.1. The molecule has 0 unspecified atom stereocenters. The fourth-order valence-corrected chi connectivity index (χ4v) is 2.03. The molecule has 94 valence electrons. The number of rotatable bonds is 3. The Morgan fingerprint density at radius 1 is 1.44 bits per heavy atom. The third-order valence-electron chi connectivity index (χ3n) is 3.23. The van der Waals surface area contributed by atoms with E-state index in [4.69, 9.17) is 5.73 Å². The van der Waals surface area contributed by atoms with Gasteiger partial charge in [-0.1, -0.05) is 6.92 Å². The molecular weight excluding hydrogens is 221 g/mol. The van der Waals surface area contributed by atoms with Crippen molar-refractivity contribution in [3.63, 3.8) is 0 Å². The maximum atomic E-state index is 12.1. The van der Waals surface area contributed by atoms with E-state index in [0.29, 0.717) is 18.8 Å². The highest BCUT2D eigenvalue weighted by atomic mass is 19.4. The molecule has 0 saturated heterocycles. The van der Waals surface area contributed by atoms with Gasteiger partial charge in [-0.05, 0) is 31.6 Å². The molecule has 1 aliphatic carbocycles. The molecule has 0 heterocycles. The number of halogens is 3. The molecule has 0 radical (unpaired) electrons. The molecule has 1 rings (SSSR count). The third kappa shape index (κ3) is 3.37. The van der Waals surface area contributed by atoms with E-state index in [-0.39, 0.29) is 0 Å². The largest absolute Gasteiger partial charge is 0.401 e. The number of nitrogens with one attached hydrogen (secondary N) is 1. The summed E-state index contributed by atoms with van der Waals surface area (Å²) in [5.41, 5.74) is 4.04. The van der Waals surface area contributed by atoms with Crippen molar-refractivity contribution < 1.29 is 18.0 Å². The first-order chi connectivity index (χ1) is 7.25. The summed E-state index contributed by atoms with van der Waals surface area (Å²) in [6.45, 7) is 0.860. The number of amides is 1. The normalized spacial score (nSPS) is 31.4. The molecule has 0 aromatic rings. The number of hydrogen-bond acceptors (Lipinski definition) is 2. The lowest BCUT2D eigenvalue weighted by atomic mass is 9.76. The van der Waals surface area contributed by atoms with E-state index in [1.54, 1.807) is 0 Å². The minimum Gasteiger partial charge on any atom is -0.368 e. The van der Waals surface area contributed by atoms with Crippen LogP contribution in [0.1, 0.15) is 32.6 Å². The van der Waals surface area contributed by atoms with Crippen LogP contribution < -0.4 is 11.1 Å². The van der Waals surface area contributed by atoms with E-state index in [9.17, 15) is 18.0 Å². The number of primary amides is 1. The maximum Gasteiger partial charge on any atom is 0.401 e. The number of alkyl halides is 3. The van der Waals surface area contributed by atoms with Gasteiger partial charge in [0, 0.05) is 0 Å². The fourth-order valence-electron chi connectivity index (χ4n) is 2.03. The first-order valence-electron chi connectivity index (χ1n) is 5.37. The molecule has 0 bridgehead atoms. The summed E-state index contributed by atoms with van der Waals surface area (Å²) >= 11 is 0. The minimum absolute atomic E-state index is 0.388. The summed E-state index contributed by atoms with van der Waals surface area (Å²) in [5.74, 6) is -0.233. The van der Waals surface area contributed by atoms with Gasteiger partial charge in [-0.25, -0.2) is 0 Å². The molecule has 3 N–H and O–H groups in total. The Kier molecular flexibility index (Phi) is 3.83. The Balaban J connectivity index is 2.64. The van der Waals surface area contributed by atoms with Gasteiger partial charge < -0.3 is 5.73 Å². The summed E-state index contributed by atoms with van der Waals surface area (Å²) in [4.78, 5) is 11.3. The molecule has 0 atom stereocenters. The smallest absolute Gasteiger partial charge is 0.368 e. The zero-order valence-electron chi connectivity index (χ0n) is 9.23. The first kappa shape index (κ1) is 13.3. The van der Waals surface area contributed by atoms with Crippen LogP contribution in [0.15, 0.2) is 0 Å². The average molecular weight is 238 g/mol. The summed E-state index contributed by atoms with van der Waals surface area (Å²) in [5, 5.41) is 2.30.